The van der Waals surface area contributed by atoms with Crippen molar-refractivity contribution in [2.45, 2.75) is 13.3 Å². The molecule has 2 heterocycles. The highest BCUT2D eigenvalue weighted by atomic mass is 35.5. The molecule has 3 nitrogen and oxygen atoms in total. The van der Waals surface area contributed by atoms with Crippen LogP contribution in [0, 0.1) is 0 Å². The highest BCUT2D eigenvalue weighted by Crippen LogP contribution is 2.31. The van der Waals surface area contributed by atoms with Gasteiger partial charge in [-0.25, -0.2) is 4.99 Å². The lowest BCUT2D eigenvalue weighted by atomic mass is 10.2. The Morgan fingerprint density at radius 2 is 2.00 bits per heavy atom. The maximum absolute atomic E-state index is 12.0. The van der Waals surface area contributed by atoms with Crippen LogP contribution in [-0.4, -0.2) is 11.1 Å². The van der Waals surface area contributed by atoms with Crippen LogP contribution in [0.5, 0.6) is 0 Å². The van der Waals surface area contributed by atoms with Gasteiger partial charge in [0.1, 0.15) is 0 Å². The molecule has 6 heteroatoms. The number of halogens is 1. The predicted octanol–water partition coefficient (Wildman–Crippen LogP) is 4.86. The molecule has 0 radical (unpaired) electrons. The monoisotopic (exact) mass is 348 g/mol. The number of nitrogens with zero attached hydrogens (tertiary/aromatic N) is 1. The highest BCUT2D eigenvalue weighted by Gasteiger charge is 2.23. The minimum Gasteiger partial charge on any atom is -0.300 e. The van der Waals surface area contributed by atoms with Crippen LogP contribution in [0.3, 0.4) is 0 Å². The van der Waals surface area contributed by atoms with E-state index in [1.165, 1.54) is 28.7 Å². The summed E-state index contributed by atoms with van der Waals surface area (Å²) in [7, 11) is 0. The molecular formula is C16H13ClN2OS2. The number of thioether (sulfide) groups is 1. The lowest BCUT2D eigenvalue weighted by Gasteiger charge is -1.98. The second-order valence-electron chi connectivity index (χ2n) is 4.64. The third-order valence-corrected chi connectivity index (χ3v) is 5.18. The van der Waals surface area contributed by atoms with E-state index in [0.29, 0.717) is 14.4 Å². The highest BCUT2D eigenvalue weighted by molar-refractivity contribution is 8.18. The van der Waals surface area contributed by atoms with Gasteiger partial charge in [-0.15, -0.1) is 11.3 Å². The van der Waals surface area contributed by atoms with E-state index < -0.39 is 0 Å². The minimum atomic E-state index is -0.126. The number of nitrogens with one attached hydrogen (secondary N) is 1. The van der Waals surface area contributed by atoms with Crippen molar-refractivity contribution in [3.63, 3.8) is 0 Å². The van der Waals surface area contributed by atoms with Crippen LogP contribution in [0.15, 0.2) is 46.3 Å². The fraction of sp³-hybridized carbons (Fsp3) is 0.125. The number of carbonyl (C=O) groups excluding carboxylic acids is 1. The number of aryl methyl sites for hydroxylation is 1. The Labute approximate surface area is 142 Å². The summed E-state index contributed by atoms with van der Waals surface area (Å²) in [6, 6.07) is 11.7. The van der Waals surface area contributed by atoms with Gasteiger partial charge in [-0.1, -0.05) is 30.7 Å². The van der Waals surface area contributed by atoms with Crippen LogP contribution in [0.1, 0.15) is 17.4 Å². The van der Waals surface area contributed by atoms with E-state index >= 15 is 0 Å². The molecule has 112 valence electrons. The van der Waals surface area contributed by atoms with Gasteiger partial charge in [-0.05, 0) is 54.1 Å². The molecule has 1 aliphatic heterocycles. The maximum Gasteiger partial charge on any atom is 0.264 e. The zero-order valence-electron chi connectivity index (χ0n) is 11.8. The van der Waals surface area contributed by atoms with Gasteiger partial charge in [0.05, 0.1) is 14.9 Å². The van der Waals surface area contributed by atoms with Gasteiger partial charge in [0.15, 0.2) is 5.17 Å². The van der Waals surface area contributed by atoms with Crippen LogP contribution in [0.25, 0.3) is 6.08 Å². The Hall–Kier alpha value is -1.56. The smallest absolute Gasteiger partial charge is 0.264 e. The van der Waals surface area contributed by atoms with Crippen molar-refractivity contribution in [3.05, 3.63) is 56.1 Å². The van der Waals surface area contributed by atoms with Gasteiger partial charge in [-0.3, -0.25) is 4.79 Å². The third kappa shape index (κ3) is 3.61. The molecule has 22 heavy (non-hydrogen) atoms. The molecule has 0 unspecified atom stereocenters. The van der Waals surface area contributed by atoms with Gasteiger partial charge in [-0.2, -0.15) is 0 Å². The molecule has 1 N–H and O–H groups in total. The lowest BCUT2D eigenvalue weighted by molar-refractivity contribution is -0.115. The first-order valence-corrected chi connectivity index (χ1v) is 8.79. The average molecular weight is 349 g/mol. The number of carbonyl (C=O) groups is 1. The summed E-state index contributed by atoms with van der Waals surface area (Å²) >= 11 is 8.68. The number of benzene rings is 1. The van der Waals surface area contributed by atoms with Gasteiger partial charge in [0, 0.05) is 4.88 Å². The quantitative estimate of drug-likeness (QED) is 0.805. The van der Waals surface area contributed by atoms with Crippen LogP contribution in [0.2, 0.25) is 4.34 Å². The normalized spacial score (nSPS) is 18.2. The van der Waals surface area contributed by atoms with Crippen LogP contribution in [-0.2, 0) is 11.2 Å². The summed E-state index contributed by atoms with van der Waals surface area (Å²) in [5.74, 6) is -0.126. The summed E-state index contributed by atoms with van der Waals surface area (Å²) in [4.78, 5) is 18.0. The zero-order valence-corrected chi connectivity index (χ0v) is 14.2. The first-order valence-electron chi connectivity index (χ1n) is 6.78. The van der Waals surface area contributed by atoms with E-state index in [1.807, 2.05) is 42.5 Å². The van der Waals surface area contributed by atoms with E-state index in [9.17, 15) is 4.79 Å². The third-order valence-electron chi connectivity index (χ3n) is 3.09. The molecular weight excluding hydrogens is 336 g/mol. The molecule has 3 rings (SSSR count). The summed E-state index contributed by atoms with van der Waals surface area (Å²) in [5, 5.41) is 3.39. The standard InChI is InChI=1S/C16H13ClN2OS2/c1-2-10-3-5-11(6-4-10)18-16-19-15(20)13(22-16)9-12-7-8-14(17)21-12/h3-9H,2H2,1H3,(H,18,19,20)/b13-9-. The van der Waals surface area contributed by atoms with Gasteiger partial charge in [0.25, 0.3) is 5.91 Å². The number of hydrogen-bond acceptors (Lipinski definition) is 4. The number of aliphatic imine (C=N–C) groups is 1. The van der Waals surface area contributed by atoms with E-state index in [1.54, 1.807) is 0 Å². The van der Waals surface area contributed by atoms with Crippen molar-refractivity contribution in [2.24, 2.45) is 4.99 Å². The van der Waals surface area contributed by atoms with Crippen molar-refractivity contribution in [1.29, 1.82) is 0 Å². The molecule has 0 spiro atoms. The van der Waals surface area contributed by atoms with Crippen molar-refractivity contribution in [3.8, 4) is 0 Å². The van der Waals surface area contributed by atoms with Crippen LogP contribution < -0.4 is 5.32 Å². The fourth-order valence-corrected chi connectivity index (χ4v) is 3.85. The first kappa shape index (κ1) is 15.3. The number of thiophene rings is 1. The van der Waals surface area contributed by atoms with Crippen molar-refractivity contribution >= 4 is 57.5 Å². The minimum absolute atomic E-state index is 0.126. The molecule has 1 saturated heterocycles. The molecule has 1 fully saturated rings. The van der Waals surface area contributed by atoms with E-state index in [0.717, 1.165) is 17.0 Å². The lowest BCUT2D eigenvalue weighted by Crippen LogP contribution is -2.19. The molecule has 0 atom stereocenters. The molecule has 2 aromatic rings. The predicted molar refractivity (Wildman–Crippen MR) is 96.0 cm³/mol. The number of amides is 1. The molecule has 1 aromatic heterocycles. The average Bonchev–Trinajstić information content (AvgIpc) is 3.06. The number of rotatable bonds is 3. The van der Waals surface area contributed by atoms with Crippen LogP contribution >= 0.6 is 34.7 Å². The summed E-state index contributed by atoms with van der Waals surface area (Å²) in [6.07, 6.45) is 2.83. The molecule has 0 bridgehead atoms. The summed E-state index contributed by atoms with van der Waals surface area (Å²) in [6.45, 7) is 2.11. The Morgan fingerprint density at radius 3 is 2.64 bits per heavy atom. The largest absolute Gasteiger partial charge is 0.300 e. The zero-order chi connectivity index (χ0) is 15.5. The Morgan fingerprint density at radius 1 is 1.23 bits per heavy atom. The second kappa shape index (κ2) is 6.69. The van der Waals surface area contributed by atoms with Crippen molar-refractivity contribution in [1.82, 2.24) is 5.32 Å². The number of amidine groups is 1. The van der Waals surface area contributed by atoms with E-state index in [4.69, 9.17) is 11.6 Å². The van der Waals surface area contributed by atoms with Crippen molar-refractivity contribution in [2.75, 3.05) is 0 Å². The Bertz CT molecular complexity index is 763. The Balaban J connectivity index is 1.78. The SMILES string of the molecule is CCc1ccc(N=C2NC(=O)/C(=C/c3ccc(Cl)s3)S2)cc1. The van der Waals surface area contributed by atoms with Crippen molar-refractivity contribution < 1.29 is 4.79 Å². The summed E-state index contributed by atoms with van der Waals surface area (Å²) in [5.41, 5.74) is 2.10. The summed E-state index contributed by atoms with van der Waals surface area (Å²) < 4.78 is 0.708. The van der Waals surface area contributed by atoms with Gasteiger partial charge < -0.3 is 5.32 Å². The van der Waals surface area contributed by atoms with Gasteiger partial charge in [0.2, 0.25) is 0 Å². The van der Waals surface area contributed by atoms with E-state index in [2.05, 4.69) is 17.2 Å². The molecule has 0 saturated carbocycles. The molecule has 1 aliphatic rings. The molecule has 1 aromatic carbocycles. The number of hydrogen-bond donors (Lipinski definition) is 1. The molecule has 1 amide bonds. The maximum atomic E-state index is 12.0. The second-order valence-corrected chi connectivity index (χ2v) is 7.42. The van der Waals surface area contributed by atoms with Gasteiger partial charge >= 0.3 is 0 Å². The van der Waals surface area contributed by atoms with E-state index in [-0.39, 0.29) is 5.91 Å². The Kier molecular flexibility index (Phi) is 4.66. The first-order chi connectivity index (χ1) is 10.6. The fourth-order valence-electron chi connectivity index (χ4n) is 1.94. The molecule has 0 aliphatic carbocycles. The van der Waals surface area contributed by atoms with Crippen LogP contribution in [0.4, 0.5) is 5.69 Å². The topological polar surface area (TPSA) is 41.5 Å².